The molecule has 1 N–H and O–H groups in total. The maximum absolute atomic E-state index is 3.56. The van der Waals surface area contributed by atoms with Crippen LogP contribution in [0.25, 0.3) is 0 Å². The molecule has 1 saturated carbocycles. The summed E-state index contributed by atoms with van der Waals surface area (Å²) in [6, 6.07) is 7.44. The molecule has 1 aromatic rings. The summed E-state index contributed by atoms with van der Waals surface area (Å²) < 4.78 is 0. The minimum atomic E-state index is 0.776. The molecule has 0 spiro atoms. The van der Waals surface area contributed by atoms with Crippen LogP contribution in [-0.2, 0) is 6.54 Å². The van der Waals surface area contributed by atoms with E-state index >= 15 is 0 Å². The smallest absolute Gasteiger partial charge is 0.0252 e. The van der Waals surface area contributed by atoms with Crippen LogP contribution in [-0.4, -0.2) is 30.6 Å². The molecule has 1 aliphatic carbocycles. The number of benzene rings is 1. The van der Waals surface area contributed by atoms with Gasteiger partial charge in [0.2, 0.25) is 0 Å². The third kappa shape index (κ3) is 2.45. The van der Waals surface area contributed by atoms with Gasteiger partial charge in [0.25, 0.3) is 0 Å². The molecule has 1 unspecified atom stereocenters. The lowest BCUT2D eigenvalue weighted by atomic mass is 10.0. The van der Waals surface area contributed by atoms with Crippen molar-refractivity contribution >= 4 is 0 Å². The summed E-state index contributed by atoms with van der Waals surface area (Å²) >= 11 is 0. The summed E-state index contributed by atoms with van der Waals surface area (Å²) in [7, 11) is 0. The Balaban J connectivity index is 1.77. The zero-order valence-electron chi connectivity index (χ0n) is 11.6. The first-order valence-electron chi connectivity index (χ1n) is 7.25. The fourth-order valence-corrected chi connectivity index (χ4v) is 3.21. The van der Waals surface area contributed by atoms with E-state index in [4.69, 9.17) is 0 Å². The van der Waals surface area contributed by atoms with Crippen molar-refractivity contribution in [1.29, 1.82) is 0 Å². The van der Waals surface area contributed by atoms with Crippen LogP contribution in [0.3, 0.4) is 0 Å². The number of nitrogens with zero attached hydrogens (tertiary/aromatic N) is 1. The highest BCUT2D eigenvalue weighted by Crippen LogP contribution is 2.36. The van der Waals surface area contributed by atoms with Gasteiger partial charge in [-0.1, -0.05) is 18.2 Å². The second-order valence-electron chi connectivity index (χ2n) is 5.95. The lowest BCUT2D eigenvalue weighted by Gasteiger charge is -2.37. The fraction of sp³-hybridized carbons (Fsp3) is 0.625. The van der Waals surface area contributed by atoms with Gasteiger partial charge in [-0.15, -0.1) is 0 Å². The van der Waals surface area contributed by atoms with Gasteiger partial charge in [0.15, 0.2) is 0 Å². The summed E-state index contributed by atoms with van der Waals surface area (Å²) in [6.45, 7) is 9.17. The van der Waals surface area contributed by atoms with Crippen LogP contribution >= 0.6 is 0 Å². The Morgan fingerprint density at radius 2 is 1.94 bits per heavy atom. The molecule has 0 bridgehead atoms. The van der Waals surface area contributed by atoms with E-state index in [1.807, 2.05) is 0 Å². The number of hydrogen-bond donors (Lipinski definition) is 1. The molecule has 2 heteroatoms. The predicted molar refractivity (Wildman–Crippen MR) is 75.7 cm³/mol. The molecule has 0 radical (unpaired) electrons. The van der Waals surface area contributed by atoms with Crippen molar-refractivity contribution in [2.75, 3.05) is 19.6 Å². The van der Waals surface area contributed by atoms with E-state index in [1.54, 1.807) is 5.56 Å². The number of aryl methyl sites for hydroxylation is 2. The average molecular weight is 244 g/mol. The lowest BCUT2D eigenvalue weighted by Crippen LogP contribution is -2.51. The lowest BCUT2D eigenvalue weighted by molar-refractivity contribution is 0.135. The first-order chi connectivity index (χ1) is 8.75. The SMILES string of the molecule is Cc1cccc(C)c1CN1CCNCC1C1CC1. The van der Waals surface area contributed by atoms with E-state index in [-0.39, 0.29) is 0 Å². The van der Waals surface area contributed by atoms with Gasteiger partial charge in [-0.2, -0.15) is 0 Å². The van der Waals surface area contributed by atoms with Crippen LogP contribution in [0.1, 0.15) is 29.5 Å². The summed E-state index contributed by atoms with van der Waals surface area (Å²) in [5.74, 6) is 0.960. The Bertz CT molecular complexity index is 403. The van der Waals surface area contributed by atoms with Crippen LogP contribution in [0.4, 0.5) is 0 Å². The van der Waals surface area contributed by atoms with E-state index in [0.717, 1.165) is 25.0 Å². The Hall–Kier alpha value is -0.860. The molecule has 2 nitrogen and oxygen atoms in total. The summed E-state index contributed by atoms with van der Waals surface area (Å²) in [5, 5.41) is 3.56. The zero-order valence-corrected chi connectivity index (χ0v) is 11.6. The average Bonchev–Trinajstić information content (AvgIpc) is 3.19. The van der Waals surface area contributed by atoms with Crippen molar-refractivity contribution in [3.8, 4) is 0 Å². The van der Waals surface area contributed by atoms with Crippen LogP contribution in [0.5, 0.6) is 0 Å². The normalized spacial score (nSPS) is 25.3. The molecule has 1 heterocycles. The fourth-order valence-electron chi connectivity index (χ4n) is 3.21. The highest BCUT2D eigenvalue weighted by atomic mass is 15.2. The van der Waals surface area contributed by atoms with Crippen LogP contribution in [0.15, 0.2) is 18.2 Å². The second kappa shape index (κ2) is 5.02. The Morgan fingerprint density at radius 1 is 1.22 bits per heavy atom. The van der Waals surface area contributed by atoms with E-state index in [0.29, 0.717) is 0 Å². The van der Waals surface area contributed by atoms with Gasteiger partial charge in [0.1, 0.15) is 0 Å². The van der Waals surface area contributed by atoms with Crippen molar-refractivity contribution in [2.45, 2.75) is 39.3 Å². The molecule has 2 fully saturated rings. The van der Waals surface area contributed by atoms with E-state index in [9.17, 15) is 0 Å². The van der Waals surface area contributed by atoms with Gasteiger partial charge in [0.05, 0.1) is 0 Å². The number of rotatable bonds is 3. The molecule has 1 atom stereocenters. The topological polar surface area (TPSA) is 15.3 Å². The van der Waals surface area contributed by atoms with Crippen molar-refractivity contribution in [3.05, 3.63) is 34.9 Å². The molecular weight excluding hydrogens is 220 g/mol. The summed E-state index contributed by atoms with van der Waals surface area (Å²) in [5.41, 5.74) is 4.44. The van der Waals surface area contributed by atoms with Crippen molar-refractivity contribution < 1.29 is 0 Å². The predicted octanol–water partition coefficient (Wildman–Crippen LogP) is 2.49. The van der Waals surface area contributed by atoms with Crippen LogP contribution < -0.4 is 5.32 Å². The Kier molecular flexibility index (Phi) is 3.40. The van der Waals surface area contributed by atoms with Gasteiger partial charge in [-0.05, 0) is 49.3 Å². The van der Waals surface area contributed by atoms with Crippen LogP contribution in [0, 0.1) is 19.8 Å². The molecule has 1 aromatic carbocycles. The maximum atomic E-state index is 3.56. The molecule has 3 rings (SSSR count). The third-order valence-corrected chi connectivity index (χ3v) is 4.57. The maximum Gasteiger partial charge on any atom is 0.0252 e. The van der Waals surface area contributed by atoms with Crippen molar-refractivity contribution in [2.24, 2.45) is 5.92 Å². The van der Waals surface area contributed by atoms with Gasteiger partial charge in [-0.25, -0.2) is 0 Å². The standard InChI is InChI=1S/C16H24N2/c1-12-4-3-5-13(2)15(12)11-18-9-8-17-10-16(18)14-6-7-14/h3-5,14,16-17H,6-11H2,1-2H3. The summed E-state index contributed by atoms with van der Waals surface area (Å²) in [6.07, 6.45) is 2.88. The first kappa shape index (κ1) is 12.2. The molecule has 18 heavy (non-hydrogen) atoms. The quantitative estimate of drug-likeness (QED) is 0.879. The largest absolute Gasteiger partial charge is 0.314 e. The minimum absolute atomic E-state index is 0.776. The zero-order chi connectivity index (χ0) is 12.5. The monoisotopic (exact) mass is 244 g/mol. The Labute approximate surface area is 110 Å². The van der Waals surface area contributed by atoms with Gasteiger partial charge in [0, 0.05) is 32.2 Å². The number of nitrogens with one attached hydrogen (secondary N) is 1. The molecule has 98 valence electrons. The Morgan fingerprint density at radius 3 is 2.61 bits per heavy atom. The first-order valence-corrected chi connectivity index (χ1v) is 7.25. The minimum Gasteiger partial charge on any atom is -0.314 e. The highest BCUT2D eigenvalue weighted by molar-refractivity contribution is 5.33. The molecule has 0 amide bonds. The van der Waals surface area contributed by atoms with E-state index in [2.05, 4.69) is 42.3 Å². The molecule has 1 saturated heterocycles. The van der Waals surface area contributed by atoms with Gasteiger partial charge >= 0.3 is 0 Å². The number of hydrogen-bond acceptors (Lipinski definition) is 2. The summed E-state index contributed by atoms with van der Waals surface area (Å²) in [4.78, 5) is 2.71. The third-order valence-electron chi connectivity index (χ3n) is 4.57. The van der Waals surface area contributed by atoms with Crippen molar-refractivity contribution in [3.63, 3.8) is 0 Å². The second-order valence-corrected chi connectivity index (χ2v) is 5.95. The molecule has 1 aliphatic heterocycles. The highest BCUT2D eigenvalue weighted by Gasteiger charge is 2.36. The van der Waals surface area contributed by atoms with Gasteiger partial charge in [-0.3, -0.25) is 4.90 Å². The van der Waals surface area contributed by atoms with Gasteiger partial charge < -0.3 is 5.32 Å². The molecule has 2 aliphatic rings. The van der Waals surface area contributed by atoms with Crippen LogP contribution in [0.2, 0.25) is 0 Å². The van der Waals surface area contributed by atoms with Crippen molar-refractivity contribution in [1.82, 2.24) is 10.2 Å². The van der Waals surface area contributed by atoms with E-state index < -0.39 is 0 Å². The van der Waals surface area contributed by atoms with E-state index in [1.165, 1.54) is 37.1 Å². The number of piperazine rings is 1. The molecule has 0 aromatic heterocycles. The molecular formula is C16H24N2.